The molecule has 1 amide bonds. The predicted octanol–water partition coefficient (Wildman–Crippen LogP) is 4.30. The highest BCUT2D eigenvalue weighted by Crippen LogP contribution is 2.33. The highest BCUT2D eigenvalue weighted by molar-refractivity contribution is 6.30. The van der Waals surface area contributed by atoms with Gasteiger partial charge in [0.2, 0.25) is 11.8 Å². The molecule has 0 N–H and O–H groups in total. The maximum absolute atomic E-state index is 12.9. The van der Waals surface area contributed by atoms with Crippen LogP contribution in [0.3, 0.4) is 0 Å². The molecule has 0 unspecified atom stereocenters. The Bertz CT molecular complexity index is 971. The van der Waals surface area contributed by atoms with Gasteiger partial charge in [0, 0.05) is 30.3 Å². The van der Waals surface area contributed by atoms with Crippen LogP contribution < -0.4 is 4.74 Å². The van der Waals surface area contributed by atoms with E-state index in [1.54, 1.807) is 30.3 Å². The van der Waals surface area contributed by atoms with Crippen molar-refractivity contribution in [1.82, 2.24) is 14.9 Å². The molecule has 0 radical (unpaired) electrons. The molecule has 3 aromatic rings. The Hall–Kier alpha value is -2.86. The first-order chi connectivity index (χ1) is 13.6. The van der Waals surface area contributed by atoms with Gasteiger partial charge in [0.25, 0.3) is 5.91 Å². The number of carbonyl (C=O) groups is 1. The van der Waals surface area contributed by atoms with Crippen LogP contribution in [0.2, 0.25) is 5.02 Å². The summed E-state index contributed by atoms with van der Waals surface area (Å²) in [6.07, 6.45) is 5.61. The van der Waals surface area contributed by atoms with E-state index >= 15 is 0 Å². The fourth-order valence-corrected chi connectivity index (χ4v) is 3.68. The van der Waals surface area contributed by atoms with Gasteiger partial charge in [-0.3, -0.25) is 4.79 Å². The molecule has 0 bridgehead atoms. The van der Waals surface area contributed by atoms with E-state index in [9.17, 15) is 4.79 Å². The van der Waals surface area contributed by atoms with Crippen LogP contribution in [0.5, 0.6) is 5.88 Å². The maximum atomic E-state index is 12.9. The van der Waals surface area contributed by atoms with Crippen molar-refractivity contribution in [3.8, 4) is 5.88 Å². The lowest BCUT2D eigenvalue weighted by Crippen LogP contribution is -2.30. The second kappa shape index (κ2) is 8.02. The number of aromatic nitrogens is 2. The highest BCUT2D eigenvalue weighted by Gasteiger charge is 2.34. The molecule has 0 saturated carbocycles. The van der Waals surface area contributed by atoms with Crippen LogP contribution in [0.4, 0.5) is 0 Å². The minimum absolute atomic E-state index is 0.0766. The van der Waals surface area contributed by atoms with Crippen molar-refractivity contribution in [2.45, 2.75) is 25.3 Å². The zero-order valence-corrected chi connectivity index (χ0v) is 16.2. The fourth-order valence-electron chi connectivity index (χ4n) is 3.47. The van der Waals surface area contributed by atoms with E-state index in [2.05, 4.69) is 9.97 Å². The summed E-state index contributed by atoms with van der Waals surface area (Å²) in [7, 11) is 1.55. The molecule has 1 saturated heterocycles. The van der Waals surface area contributed by atoms with E-state index in [-0.39, 0.29) is 11.9 Å². The van der Waals surface area contributed by atoms with Crippen LogP contribution in [0, 0.1) is 0 Å². The molecule has 7 heteroatoms. The second-order valence-electron chi connectivity index (χ2n) is 6.72. The van der Waals surface area contributed by atoms with E-state index < -0.39 is 0 Å². The third kappa shape index (κ3) is 3.87. The van der Waals surface area contributed by atoms with Crippen molar-refractivity contribution in [1.29, 1.82) is 0 Å². The summed E-state index contributed by atoms with van der Waals surface area (Å²) in [4.78, 5) is 23.3. The number of nitrogens with zero attached hydrogens (tertiary/aromatic N) is 3. The Kier molecular flexibility index (Phi) is 5.30. The summed E-state index contributed by atoms with van der Waals surface area (Å²) in [5, 5.41) is 0.693. The third-order valence-electron chi connectivity index (χ3n) is 4.83. The minimum Gasteiger partial charge on any atom is -0.481 e. The summed E-state index contributed by atoms with van der Waals surface area (Å²) in [6.45, 7) is 0.668. The van der Waals surface area contributed by atoms with E-state index in [1.165, 1.54) is 6.20 Å². The van der Waals surface area contributed by atoms with Crippen LogP contribution in [0.15, 0.2) is 53.2 Å². The molecular weight excluding hydrogens is 378 g/mol. The van der Waals surface area contributed by atoms with Crippen LogP contribution in [-0.2, 0) is 6.42 Å². The van der Waals surface area contributed by atoms with Crippen molar-refractivity contribution in [2.75, 3.05) is 13.7 Å². The van der Waals surface area contributed by atoms with Gasteiger partial charge < -0.3 is 14.1 Å². The topological polar surface area (TPSA) is 68.5 Å². The number of amides is 1. The molecule has 3 heterocycles. The Morgan fingerprint density at radius 1 is 1.29 bits per heavy atom. The second-order valence-corrected chi connectivity index (χ2v) is 7.15. The summed E-state index contributed by atoms with van der Waals surface area (Å²) < 4.78 is 11.0. The van der Waals surface area contributed by atoms with Gasteiger partial charge >= 0.3 is 0 Å². The molecule has 28 heavy (non-hydrogen) atoms. The quantitative estimate of drug-likeness (QED) is 0.642. The third-order valence-corrected chi connectivity index (χ3v) is 5.07. The van der Waals surface area contributed by atoms with Crippen molar-refractivity contribution < 1.29 is 13.9 Å². The lowest BCUT2D eigenvalue weighted by atomic mass is 10.1. The van der Waals surface area contributed by atoms with Gasteiger partial charge in [-0.2, -0.15) is 0 Å². The molecule has 1 aliphatic rings. The largest absolute Gasteiger partial charge is 0.481 e. The Morgan fingerprint density at radius 2 is 2.18 bits per heavy atom. The monoisotopic (exact) mass is 397 g/mol. The predicted molar refractivity (Wildman–Crippen MR) is 105 cm³/mol. The number of oxazole rings is 1. The van der Waals surface area contributed by atoms with Gasteiger partial charge in [-0.25, -0.2) is 9.97 Å². The summed E-state index contributed by atoms with van der Waals surface area (Å²) in [5.41, 5.74) is 1.58. The Labute approximate surface area is 168 Å². The molecule has 1 atom stereocenters. The SMILES string of the molecule is COc1ccc(C(=O)N2CCC[C@@H]2c2ncc(Cc3cccc(Cl)c3)o2)cn1. The van der Waals surface area contributed by atoms with Crippen LogP contribution in [0.1, 0.15) is 46.5 Å². The smallest absolute Gasteiger partial charge is 0.256 e. The highest BCUT2D eigenvalue weighted by atomic mass is 35.5. The van der Waals surface area contributed by atoms with Gasteiger partial charge in [0.15, 0.2) is 0 Å². The van der Waals surface area contributed by atoms with Gasteiger partial charge in [-0.1, -0.05) is 23.7 Å². The number of likely N-dealkylation sites (tertiary alicyclic amines) is 1. The molecule has 1 aliphatic heterocycles. The van der Waals surface area contributed by atoms with Crippen molar-refractivity contribution >= 4 is 17.5 Å². The molecule has 144 valence electrons. The Morgan fingerprint density at radius 3 is 2.93 bits per heavy atom. The molecule has 6 nitrogen and oxygen atoms in total. The lowest BCUT2D eigenvalue weighted by Gasteiger charge is -2.22. The van der Waals surface area contributed by atoms with Crippen LogP contribution in [0.25, 0.3) is 0 Å². The number of rotatable bonds is 5. The van der Waals surface area contributed by atoms with Crippen molar-refractivity contribution in [3.05, 3.63) is 76.6 Å². The Balaban J connectivity index is 1.50. The van der Waals surface area contributed by atoms with Gasteiger partial charge in [0.1, 0.15) is 11.8 Å². The minimum atomic E-state index is -0.164. The number of hydrogen-bond acceptors (Lipinski definition) is 5. The average Bonchev–Trinajstić information content (AvgIpc) is 3.37. The zero-order chi connectivity index (χ0) is 19.5. The number of pyridine rings is 1. The van der Waals surface area contributed by atoms with Crippen LogP contribution >= 0.6 is 11.6 Å². The van der Waals surface area contributed by atoms with Gasteiger partial charge in [-0.05, 0) is 36.6 Å². The van der Waals surface area contributed by atoms with E-state index in [1.807, 2.05) is 24.3 Å². The standard InChI is InChI=1S/C21H20ClN3O3/c1-27-19-8-7-15(12-23-19)21(26)25-9-3-6-18(25)20-24-13-17(28-20)11-14-4-2-5-16(22)10-14/h2,4-5,7-8,10,12-13,18H,3,6,9,11H2,1H3/t18-/m1/s1. The molecule has 2 aromatic heterocycles. The number of carbonyl (C=O) groups excluding carboxylic acids is 1. The van der Waals surface area contributed by atoms with Crippen molar-refractivity contribution in [3.63, 3.8) is 0 Å². The molecule has 1 fully saturated rings. The maximum Gasteiger partial charge on any atom is 0.256 e. The average molecular weight is 398 g/mol. The number of halogens is 1. The fraction of sp³-hybridized carbons (Fsp3) is 0.286. The zero-order valence-electron chi connectivity index (χ0n) is 15.5. The molecule has 4 rings (SSSR count). The number of hydrogen-bond donors (Lipinski definition) is 0. The van der Waals surface area contributed by atoms with E-state index in [4.69, 9.17) is 20.8 Å². The molecule has 0 aliphatic carbocycles. The summed E-state index contributed by atoms with van der Waals surface area (Å²) >= 11 is 6.05. The molecular formula is C21H20ClN3O3. The van der Waals surface area contributed by atoms with Gasteiger partial charge in [-0.15, -0.1) is 0 Å². The first-order valence-electron chi connectivity index (χ1n) is 9.14. The van der Waals surface area contributed by atoms with E-state index in [0.717, 1.165) is 24.2 Å². The summed E-state index contributed by atoms with van der Waals surface area (Å²) in [5.74, 6) is 1.73. The summed E-state index contributed by atoms with van der Waals surface area (Å²) in [6, 6.07) is 10.9. The number of methoxy groups -OCH3 is 1. The van der Waals surface area contributed by atoms with Crippen LogP contribution in [-0.4, -0.2) is 34.4 Å². The normalized spacial score (nSPS) is 16.4. The number of ether oxygens (including phenoxy) is 1. The first kappa shape index (κ1) is 18.5. The lowest BCUT2D eigenvalue weighted by molar-refractivity contribution is 0.0714. The first-order valence-corrected chi connectivity index (χ1v) is 9.52. The van der Waals surface area contributed by atoms with E-state index in [0.29, 0.717) is 35.3 Å². The molecule has 1 aromatic carbocycles. The number of benzene rings is 1. The van der Waals surface area contributed by atoms with Gasteiger partial charge in [0.05, 0.1) is 18.9 Å². The van der Waals surface area contributed by atoms with Crippen molar-refractivity contribution in [2.24, 2.45) is 0 Å². The molecule has 0 spiro atoms.